The third-order valence-corrected chi connectivity index (χ3v) is 8.47. The zero-order valence-corrected chi connectivity index (χ0v) is 18.7. The molecular weight excluding hydrogens is 392 g/mol. The summed E-state index contributed by atoms with van der Waals surface area (Å²) in [6.07, 6.45) is 4.56. The minimum absolute atomic E-state index is 0. The molecule has 0 aromatic heterocycles. The van der Waals surface area contributed by atoms with Crippen LogP contribution in [0, 0.1) is 12.3 Å². The molecule has 0 unspecified atom stereocenters. The summed E-state index contributed by atoms with van der Waals surface area (Å²) in [5.41, 5.74) is 2.12. The number of fused-ring (bicyclic) bond motifs is 1. The third kappa shape index (κ3) is 4.81. The third-order valence-electron chi connectivity index (χ3n) is 6.47. The summed E-state index contributed by atoms with van der Waals surface area (Å²) in [6.45, 7) is 6.23. The van der Waals surface area contributed by atoms with Gasteiger partial charge in [0.2, 0.25) is 0 Å². The van der Waals surface area contributed by atoms with Gasteiger partial charge in [-0.05, 0) is 37.0 Å². The van der Waals surface area contributed by atoms with E-state index >= 15 is 0 Å². The molecule has 1 aliphatic rings. The summed E-state index contributed by atoms with van der Waals surface area (Å²) in [5, 5.41) is 11.9. The van der Waals surface area contributed by atoms with Crippen molar-refractivity contribution in [2.75, 3.05) is 5.75 Å². The molecule has 0 spiro atoms. The van der Waals surface area contributed by atoms with Crippen molar-refractivity contribution in [3.63, 3.8) is 0 Å². The van der Waals surface area contributed by atoms with Crippen LogP contribution in [0.3, 0.4) is 0 Å². The number of aliphatic hydroxyl groups is 1. The van der Waals surface area contributed by atoms with Crippen molar-refractivity contribution in [3.05, 3.63) is 65.2 Å². The molecule has 1 N–H and O–H groups in total. The average Bonchev–Trinajstić information content (AvgIpc) is 2.77. The van der Waals surface area contributed by atoms with E-state index in [-0.39, 0.29) is 19.1 Å². The second-order valence-corrected chi connectivity index (χ2v) is 10.7. The maximum absolute atomic E-state index is 13.6. The molecule has 2 aromatic rings. The van der Waals surface area contributed by atoms with Crippen LogP contribution >= 0.6 is 0 Å². The van der Waals surface area contributed by atoms with Crippen LogP contribution in [-0.4, -0.2) is 25.4 Å². The van der Waals surface area contributed by atoms with Crippen LogP contribution in [0.15, 0.2) is 53.4 Å². The lowest BCUT2D eigenvalue weighted by Gasteiger charge is -2.40. The SMILES string of the molecule is C.CCCCC1(CCCC)CS(=O)(=O)c2ccc(C)cc2[C@@H](c2ccccc2)[C@H]1O. The zero-order chi connectivity index (χ0) is 21.1. The fraction of sp³-hybridized carbons (Fsp3) is 0.538. The molecule has 0 radical (unpaired) electrons. The van der Waals surface area contributed by atoms with E-state index in [0.29, 0.717) is 4.90 Å². The second kappa shape index (κ2) is 10.1. The van der Waals surface area contributed by atoms with Gasteiger partial charge in [-0.3, -0.25) is 0 Å². The van der Waals surface area contributed by atoms with Gasteiger partial charge in [0.15, 0.2) is 9.84 Å². The first-order chi connectivity index (χ1) is 13.8. The Morgan fingerprint density at radius 2 is 1.60 bits per heavy atom. The number of rotatable bonds is 7. The molecule has 0 saturated carbocycles. The highest BCUT2D eigenvalue weighted by Gasteiger charge is 2.49. The highest BCUT2D eigenvalue weighted by Crippen LogP contribution is 2.49. The Balaban J connectivity index is 0.00000320. The van der Waals surface area contributed by atoms with Crippen molar-refractivity contribution in [1.82, 2.24) is 0 Å². The van der Waals surface area contributed by atoms with E-state index in [1.165, 1.54) is 0 Å². The van der Waals surface area contributed by atoms with Crippen LogP contribution in [0.2, 0.25) is 0 Å². The Kier molecular flexibility index (Phi) is 8.29. The average molecular weight is 431 g/mol. The largest absolute Gasteiger partial charge is 0.392 e. The molecule has 4 heteroatoms. The standard InChI is InChI=1S/C25H34O3S.CH4/c1-4-6-15-25(16-7-5-2)18-29(27,28)22-14-13-19(3)17-21(22)23(24(25)26)20-11-9-8-10-12-20;/h8-14,17,23-24,26H,4-7,15-16,18H2,1-3H3;1H4/t23-,24-;/m1./s1. The van der Waals surface area contributed by atoms with E-state index in [1.807, 2.05) is 49.4 Å². The fourth-order valence-electron chi connectivity index (χ4n) is 4.90. The Morgan fingerprint density at radius 3 is 2.17 bits per heavy atom. The van der Waals surface area contributed by atoms with Gasteiger partial charge in [-0.1, -0.05) is 95.0 Å². The molecule has 2 atom stereocenters. The predicted molar refractivity (Wildman–Crippen MR) is 126 cm³/mol. The number of sulfone groups is 1. The van der Waals surface area contributed by atoms with Gasteiger partial charge >= 0.3 is 0 Å². The highest BCUT2D eigenvalue weighted by atomic mass is 32.2. The molecular formula is C26H38O3S. The molecule has 30 heavy (non-hydrogen) atoms. The van der Waals surface area contributed by atoms with Gasteiger partial charge in [0.25, 0.3) is 0 Å². The Labute approximate surface area is 183 Å². The van der Waals surface area contributed by atoms with Crippen molar-refractivity contribution in [2.24, 2.45) is 5.41 Å². The van der Waals surface area contributed by atoms with Crippen LogP contribution in [0.5, 0.6) is 0 Å². The van der Waals surface area contributed by atoms with Crippen molar-refractivity contribution >= 4 is 9.84 Å². The van der Waals surface area contributed by atoms with Gasteiger partial charge in [0, 0.05) is 11.3 Å². The lowest BCUT2D eigenvalue weighted by molar-refractivity contribution is 0.0127. The van der Waals surface area contributed by atoms with Crippen LogP contribution in [0.1, 0.15) is 82.4 Å². The molecule has 0 fully saturated rings. The summed E-state index contributed by atoms with van der Waals surface area (Å²) < 4.78 is 27.1. The number of aliphatic hydroxyl groups excluding tert-OH is 1. The topological polar surface area (TPSA) is 54.4 Å². The number of hydrogen-bond acceptors (Lipinski definition) is 3. The van der Waals surface area contributed by atoms with E-state index in [4.69, 9.17) is 0 Å². The summed E-state index contributed by atoms with van der Waals surface area (Å²) in [5.74, 6) is -0.308. The first-order valence-corrected chi connectivity index (χ1v) is 12.6. The minimum atomic E-state index is -3.50. The van der Waals surface area contributed by atoms with E-state index in [2.05, 4.69) is 13.8 Å². The molecule has 3 rings (SSSR count). The van der Waals surface area contributed by atoms with Crippen LogP contribution in [0.25, 0.3) is 0 Å². The molecule has 0 aliphatic carbocycles. The molecule has 0 saturated heterocycles. The molecule has 2 aromatic carbocycles. The van der Waals surface area contributed by atoms with Gasteiger partial charge in [0.1, 0.15) is 0 Å². The van der Waals surface area contributed by atoms with Gasteiger partial charge in [-0.25, -0.2) is 8.42 Å². The first kappa shape index (κ1) is 24.6. The van der Waals surface area contributed by atoms with Crippen molar-refractivity contribution < 1.29 is 13.5 Å². The highest BCUT2D eigenvalue weighted by molar-refractivity contribution is 7.91. The molecule has 1 aliphatic heterocycles. The van der Waals surface area contributed by atoms with Crippen LogP contribution in [0.4, 0.5) is 0 Å². The zero-order valence-electron chi connectivity index (χ0n) is 17.9. The van der Waals surface area contributed by atoms with Crippen LogP contribution in [-0.2, 0) is 9.84 Å². The van der Waals surface area contributed by atoms with Crippen molar-refractivity contribution in [1.29, 1.82) is 0 Å². The normalized spacial score (nSPS) is 21.9. The Bertz CT molecular complexity index is 911. The Hall–Kier alpha value is -1.65. The lowest BCUT2D eigenvalue weighted by atomic mass is 9.68. The number of aryl methyl sites for hydroxylation is 1. The second-order valence-electron chi connectivity index (χ2n) is 8.70. The molecule has 3 nitrogen and oxygen atoms in total. The molecule has 166 valence electrons. The summed E-state index contributed by atoms with van der Waals surface area (Å²) in [4.78, 5) is 0.394. The fourth-order valence-corrected chi connectivity index (χ4v) is 7.10. The minimum Gasteiger partial charge on any atom is -0.392 e. The van der Waals surface area contributed by atoms with Gasteiger partial charge < -0.3 is 5.11 Å². The summed E-state index contributed by atoms with van der Waals surface area (Å²) in [6, 6.07) is 15.5. The summed E-state index contributed by atoms with van der Waals surface area (Å²) in [7, 11) is -3.50. The van der Waals surface area contributed by atoms with E-state index < -0.39 is 21.4 Å². The van der Waals surface area contributed by atoms with Gasteiger partial charge in [-0.15, -0.1) is 0 Å². The predicted octanol–water partition coefficient (Wildman–Crippen LogP) is 6.28. The monoisotopic (exact) mass is 430 g/mol. The van der Waals surface area contributed by atoms with Crippen LogP contribution < -0.4 is 0 Å². The Morgan fingerprint density at radius 1 is 1.00 bits per heavy atom. The number of benzene rings is 2. The number of hydrogen-bond donors (Lipinski definition) is 1. The number of unbranched alkanes of at least 4 members (excludes halogenated alkanes) is 2. The van der Waals surface area contributed by atoms with Crippen molar-refractivity contribution in [3.8, 4) is 0 Å². The van der Waals surface area contributed by atoms with Crippen molar-refractivity contribution in [2.45, 2.75) is 83.6 Å². The molecule has 1 heterocycles. The smallest absolute Gasteiger partial charge is 0.179 e. The van der Waals surface area contributed by atoms with E-state index in [1.54, 1.807) is 6.07 Å². The van der Waals surface area contributed by atoms with Gasteiger partial charge in [0.05, 0.1) is 16.8 Å². The maximum Gasteiger partial charge on any atom is 0.179 e. The summed E-state index contributed by atoms with van der Waals surface area (Å²) >= 11 is 0. The van der Waals surface area contributed by atoms with Gasteiger partial charge in [-0.2, -0.15) is 0 Å². The van der Waals surface area contributed by atoms with E-state index in [0.717, 1.165) is 55.2 Å². The first-order valence-electron chi connectivity index (χ1n) is 10.9. The quantitative estimate of drug-likeness (QED) is 0.562. The molecule has 0 bridgehead atoms. The van der Waals surface area contributed by atoms with E-state index in [9.17, 15) is 13.5 Å². The molecule has 0 amide bonds. The lowest BCUT2D eigenvalue weighted by Crippen LogP contribution is -2.43. The maximum atomic E-state index is 13.6.